The average Bonchev–Trinajstić information content (AvgIpc) is 2.68. The van der Waals surface area contributed by atoms with Crippen LogP contribution in [0.2, 0.25) is 0 Å². The largest absolute Gasteiger partial charge is 0.472 e. The molecule has 0 spiro atoms. The molecule has 16 heavy (non-hydrogen) atoms. The molecule has 2 aromatic rings. The van der Waals surface area contributed by atoms with E-state index in [1.54, 1.807) is 12.5 Å². The first kappa shape index (κ1) is 10.7. The summed E-state index contributed by atoms with van der Waals surface area (Å²) < 4.78 is 18.2. The maximum atomic E-state index is 13.2. The number of aryl methyl sites for hydroxylation is 1. The van der Waals surface area contributed by atoms with Crippen molar-refractivity contribution in [2.24, 2.45) is 0 Å². The topological polar surface area (TPSA) is 25.2 Å². The Balaban J connectivity index is 2.15. The lowest BCUT2D eigenvalue weighted by Gasteiger charge is -2.14. The lowest BCUT2D eigenvalue weighted by Crippen LogP contribution is -2.05. The highest BCUT2D eigenvalue weighted by molar-refractivity contribution is 5.47. The average molecular weight is 219 g/mol. The fourth-order valence-corrected chi connectivity index (χ4v) is 1.67. The van der Waals surface area contributed by atoms with Crippen molar-refractivity contribution in [1.82, 2.24) is 0 Å². The van der Waals surface area contributed by atoms with Gasteiger partial charge in [-0.1, -0.05) is 0 Å². The van der Waals surface area contributed by atoms with Gasteiger partial charge in [0.2, 0.25) is 0 Å². The molecule has 0 saturated heterocycles. The van der Waals surface area contributed by atoms with Crippen LogP contribution in [0.3, 0.4) is 0 Å². The molecule has 0 radical (unpaired) electrons. The number of nitrogens with one attached hydrogen (secondary N) is 1. The maximum Gasteiger partial charge on any atom is 0.125 e. The van der Waals surface area contributed by atoms with Crippen molar-refractivity contribution in [3.05, 3.63) is 53.7 Å². The van der Waals surface area contributed by atoms with Crippen molar-refractivity contribution in [2.45, 2.75) is 19.9 Å². The van der Waals surface area contributed by atoms with Crippen molar-refractivity contribution >= 4 is 5.69 Å². The molecule has 0 amide bonds. The minimum Gasteiger partial charge on any atom is -0.472 e. The van der Waals surface area contributed by atoms with Crippen LogP contribution in [0.5, 0.6) is 0 Å². The van der Waals surface area contributed by atoms with Crippen LogP contribution in [0.1, 0.15) is 24.1 Å². The summed E-state index contributed by atoms with van der Waals surface area (Å²) in [5.41, 5.74) is 2.73. The van der Waals surface area contributed by atoms with Crippen LogP contribution in [0.4, 0.5) is 10.1 Å². The van der Waals surface area contributed by atoms with Crippen molar-refractivity contribution in [1.29, 1.82) is 0 Å². The molecular formula is C13H14FNO. The summed E-state index contributed by atoms with van der Waals surface area (Å²) in [6.07, 6.45) is 3.31. The molecule has 2 rings (SSSR count). The summed E-state index contributed by atoms with van der Waals surface area (Å²) in [5.74, 6) is -0.220. The van der Waals surface area contributed by atoms with Gasteiger partial charge >= 0.3 is 0 Å². The Hall–Kier alpha value is -1.77. The Morgan fingerprint density at radius 1 is 1.31 bits per heavy atom. The highest BCUT2D eigenvalue weighted by Gasteiger charge is 2.07. The smallest absolute Gasteiger partial charge is 0.125 e. The first-order valence-corrected chi connectivity index (χ1v) is 5.21. The number of hydrogen-bond donors (Lipinski definition) is 1. The molecule has 0 aliphatic heterocycles. The summed E-state index contributed by atoms with van der Waals surface area (Å²) in [5, 5.41) is 3.23. The van der Waals surface area contributed by atoms with Gasteiger partial charge in [-0.05, 0) is 43.7 Å². The predicted octanol–water partition coefficient (Wildman–Crippen LogP) is 3.90. The lowest BCUT2D eigenvalue weighted by molar-refractivity contribution is 0.562. The van der Waals surface area contributed by atoms with Crippen LogP contribution in [-0.4, -0.2) is 0 Å². The lowest BCUT2D eigenvalue weighted by atomic mass is 10.1. The van der Waals surface area contributed by atoms with E-state index >= 15 is 0 Å². The number of halogens is 1. The van der Waals surface area contributed by atoms with E-state index in [1.807, 2.05) is 26.0 Å². The number of anilines is 1. The molecule has 1 N–H and O–H groups in total. The minimum absolute atomic E-state index is 0.0972. The van der Waals surface area contributed by atoms with Crippen molar-refractivity contribution in [3.8, 4) is 0 Å². The molecular weight excluding hydrogens is 205 g/mol. The van der Waals surface area contributed by atoms with Gasteiger partial charge in [0.05, 0.1) is 18.6 Å². The fraction of sp³-hybridized carbons (Fsp3) is 0.231. The molecule has 1 unspecified atom stereocenters. The monoisotopic (exact) mass is 219 g/mol. The van der Waals surface area contributed by atoms with Crippen LogP contribution in [0.25, 0.3) is 0 Å². The van der Waals surface area contributed by atoms with E-state index in [9.17, 15) is 4.39 Å². The van der Waals surface area contributed by atoms with Gasteiger partial charge in [-0.25, -0.2) is 4.39 Å². The molecule has 84 valence electrons. The van der Waals surface area contributed by atoms with Gasteiger partial charge in [0, 0.05) is 11.3 Å². The zero-order chi connectivity index (χ0) is 11.5. The number of furan rings is 1. The van der Waals surface area contributed by atoms with Crippen LogP contribution >= 0.6 is 0 Å². The zero-order valence-electron chi connectivity index (χ0n) is 9.33. The molecule has 2 nitrogen and oxygen atoms in total. The normalized spacial score (nSPS) is 12.4. The second-order valence-corrected chi connectivity index (χ2v) is 3.94. The molecule has 0 bridgehead atoms. The van der Waals surface area contributed by atoms with Crippen LogP contribution in [-0.2, 0) is 0 Å². The van der Waals surface area contributed by atoms with Crippen molar-refractivity contribution in [2.75, 3.05) is 5.32 Å². The first-order chi connectivity index (χ1) is 7.65. The van der Waals surface area contributed by atoms with E-state index in [0.29, 0.717) is 0 Å². The van der Waals surface area contributed by atoms with Gasteiger partial charge in [-0.2, -0.15) is 0 Å². The summed E-state index contributed by atoms with van der Waals surface area (Å²) in [6.45, 7) is 3.88. The summed E-state index contributed by atoms with van der Waals surface area (Å²) >= 11 is 0. The van der Waals surface area contributed by atoms with Crippen LogP contribution in [0.15, 0.2) is 41.2 Å². The Morgan fingerprint density at radius 2 is 2.12 bits per heavy atom. The third-order valence-corrected chi connectivity index (χ3v) is 2.47. The zero-order valence-corrected chi connectivity index (χ0v) is 9.33. The molecule has 0 aliphatic rings. The van der Waals surface area contributed by atoms with E-state index in [0.717, 1.165) is 16.8 Å². The quantitative estimate of drug-likeness (QED) is 0.846. The summed E-state index contributed by atoms with van der Waals surface area (Å²) in [7, 11) is 0. The number of hydrogen-bond acceptors (Lipinski definition) is 2. The fourth-order valence-electron chi connectivity index (χ4n) is 1.67. The van der Waals surface area contributed by atoms with E-state index in [1.165, 1.54) is 12.1 Å². The van der Waals surface area contributed by atoms with E-state index in [-0.39, 0.29) is 11.9 Å². The van der Waals surface area contributed by atoms with Crippen LogP contribution in [0, 0.1) is 12.7 Å². The van der Waals surface area contributed by atoms with Crippen molar-refractivity contribution < 1.29 is 8.81 Å². The standard InChI is InChI=1S/C13H14FNO/c1-9-5-12(14)7-13(6-9)15-10(2)11-3-4-16-8-11/h3-8,10,15H,1-2H3. The Morgan fingerprint density at radius 3 is 2.75 bits per heavy atom. The molecule has 0 aliphatic carbocycles. The highest BCUT2D eigenvalue weighted by Crippen LogP contribution is 2.21. The van der Waals surface area contributed by atoms with Crippen LogP contribution < -0.4 is 5.32 Å². The molecule has 1 heterocycles. The third kappa shape index (κ3) is 2.42. The molecule has 1 atom stereocenters. The van der Waals surface area contributed by atoms with Crippen molar-refractivity contribution in [3.63, 3.8) is 0 Å². The van der Waals surface area contributed by atoms with Gasteiger partial charge in [0.25, 0.3) is 0 Å². The highest BCUT2D eigenvalue weighted by atomic mass is 19.1. The number of benzene rings is 1. The van der Waals surface area contributed by atoms with Gasteiger partial charge in [-0.3, -0.25) is 0 Å². The predicted molar refractivity (Wildman–Crippen MR) is 61.9 cm³/mol. The number of rotatable bonds is 3. The van der Waals surface area contributed by atoms with E-state index in [2.05, 4.69) is 5.32 Å². The molecule has 0 saturated carbocycles. The van der Waals surface area contributed by atoms with E-state index in [4.69, 9.17) is 4.42 Å². The summed E-state index contributed by atoms with van der Waals surface area (Å²) in [6, 6.07) is 6.90. The second kappa shape index (κ2) is 4.39. The first-order valence-electron chi connectivity index (χ1n) is 5.21. The van der Waals surface area contributed by atoms with Gasteiger partial charge in [0.15, 0.2) is 0 Å². The van der Waals surface area contributed by atoms with Gasteiger partial charge in [-0.15, -0.1) is 0 Å². The van der Waals surface area contributed by atoms with Gasteiger partial charge < -0.3 is 9.73 Å². The molecule has 1 aromatic heterocycles. The Kier molecular flexibility index (Phi) is 2.95. The van der Waals surface area contributed by atoms with E-state index < -0.39 is 0 Å². The molecule has 1 aromatic carbocycles. The molecule has 3 heteroatoms. The minimum atomic E-state index is -0.220. The summed E-state index contributed by atoms with van der Waals surface area (Å²) in [4.78, 5) is 0. The van der Waals surface area contributed by atoms with Gasteiger partial charge in [0.1, 0.15) is 5.82 Å². The second-order valence-electron chi connectivity index (χ2n) is 3.94. The Labute approximate surface area is 94.1 Å². The Bertz CT molecular complexity index is 445. The molecule has 0 fully saturated rings. The SMILES string of the molecule is Cc1cc(F)cc(NC(C)c2ccoc2)c1. The maximum absolute atomic E-state index is 13.2. The third-order valence-electron chi connectivity index (χ3n) is 2.47.